The van der Waals surface area contributed by atoms with E-state index in [2.05, 4.69) is 10.6 Å². The second kappa shape index (κ2) is 8.67. The monoisotopic (exact) mass is 489 g/mol. The van der Waals surface area contributed by atoms with Gasteiger partial charge in [-0.05, 0) is 18.6 Å². The highest BCUT2D eigenvalue weighted by Crippen LogP contribution is 2.33. The van der Waals surface area contributed by atoms with Gasteiger partial charge in [-0.25, -0.2) is 8.78 Å². The van der Waals surface area contributed by atoms with Gasteiger partial charge < -0.3 is 10.2 Å². The van der Waals surface area contributed by atoms with Crippen LogP contribution in [-0.4, -0.2) is 95.0 Å². The Hall–Kier alpha value is -3.41. The molecule has 2 N–H and O–H groups in total. The minimum atomic E-state index is -2.61. The lowest BCUT2D eigenvalue weighted by atomic mass is 10.0. The van der Waals surface area contributed by atoms with Gasteiger partial charge in [-0.3, -0.25) is 39.1 Å². The average molecular weight is 489 g/mol. The number of hydrogen-bond acceptors (Lipinski definition) is 7. The lowest BCUT2D eigenvalue weighted by molar-refractivity contribution is -0.139. The van der Waals surface area contributed by atoms with Crippen LogP contribution in [0, 0.1) is 0 Å². The van der Waals surface area contributed by atoms with Crippen LogP contribution in [0.15, 0.2) is 18.2 Å². The smallest absolute Gasteiger partial charge is 0.264 e. The third-order valence-corrected chi connectivity index (χ3v) is 7.16. The molecule has 1 atom stereocenters. The number of nitrogens with zero attached hydrogens (tertiary/aromatic N) is 3. The molecule has 4 aliphatic heterocycles. The third-order valence-electron chi connectivity index (χ3n) is 7.16. The van der Waals surface area contributed by atoms with Crippen LogP contribution in [-0.2, 0) is 14.4 Å². The highest BCUT2D eigenvalue weighted by Gasteiger charge is 2.46. The normalized spacial score (nSPS) is 24.8. The molecule has 1 unspecified atom stereocenters. The van der Waals surface area contributed by atoms with E-state index >= 15 is 0 Å². The molecule has 186 valence electrons. The Labute approximate surface area is 199 Å². The van der Waals surface area contributed by atoms with E-state index in [9.17, 15) is 32.8 Å². The lowest BCUT2D eigenvalue weighted by Gasteiger charge is -2.47. The number of benzene rings is 1. The second-order valence-corrected chi connectivity index (χ2v) is 9.37. The predicted molar refractivity (Wildman–Crippen MR) is 118 cm³/mol. The summed E-state index contributed by atoms with van der Waals surface area (Å²) in [6, 6.07) is 3.64. The fourth-order valence-electron chi connectivity index (χ4n) is 5.05. The van der Waals surface area contributed by atoms with Crippen LogP contribution >= 0.6 is 0 Å². The number of hydrogen-bond donors (Lipinski definition) is 2. The Morgan fingerprint density at radius 3 is 2.49 bits per heavy atom. The van der Waals surface area contributed by atoms with Crippen LogP contribution in [0.4, 0.5) is 14.5 Å². The van der Waals surface area contributed by atoms with E-state index in [0.29, 0.717) is 31.9 Å². The van der Waals surface area contributed by atoms with E-state index in [0.717, 1.165) is 4.90 Å². The number of rotatable bonds is 5. The summed E-state index contributed by atoms with van der Waals surface area (Å²) in [4.78, 5) is 66.8. The second-order valence-electron chi connectivity index (χ2n) is 9.37. The summed E-state index contributed by atoms with van der Waals surface area (Å²) in [5.74, 6) is -5.23. The molecule has 0 radical (unpaired) electrons. The van der Waals surface area contributed by atoms with Crippen molar-refractivity contribution in [3.8, 4) is 0 Å². The molecule has 4 heterocycles. The van der Waals surface area contributed by atoms with Crippen molar-refractivity contribution in [2.45, 2.75) is 43.7 Å². The Bertz CT molecular complexity index is 1110. The van der Waals surface area contributed by atoms with Crippen molar-refractivity contribution in [1.29, 1.82) is 0 Å². The summed E-state index contributed by atoms with van der Waals surface area (Å²) in [7, 11) is 0. The molecule has 10 nitrogen and oxygen atoms in total. The van der Waals surface area contributed by atoms with Gasteiger partial charge in [0.05, 0.1) is 17.7 Å². The molecule has 3 fully saturated rings. The van der Waals surface area contributed by atoms with Gasteiger partial charge in [0.15, 0.2) is 0 Å². The fourth-order valence-corrected chi connectivity index (χ4v) is 5.05. The van der Waals surface area contributed by atoms with E-state index < -0.39 is 35.6 Å². The number of likely N-dealkylation sites (tertiary alicyclic amines) is 2. The molecular weight excluding hydrogens is 464 g/mol. The topological polar surface area (TPSA) is 119 Å². The first-order valence-electron chi connectivity index (χ1n) is 11.6. The minimum absolute atomic E-state index is 0.0279. The first kappa shape index (κ1) is 23.3. The predicted octanol–water partition coefficient (Wildman–Crippen LogP) is 0.442. The van der Waals surface area contributed by atoms with Gasteiger partial charge in [0.2, 0.25) is 17.7 Å². The highest BCUT2D eigenvalue weighted by molar-refractivity contribution is 6.25. The number of amides is 5. The van der Waals surface area contributed by atoms with E-state index in [-0.39, 0.29) is 55.3 Å². The molecule has 0 bridgehead atoms. The van der Waals surface area contributed by atoms with Crippen molar-refractivity contribution in [3.63, 3.8) is 0 Å². The summed E-state index contributed by atoms with van der Waals surface area (Å²) >= 11 is 0. The molecule has 5 rings (SSSR count). The van der Waals surface area contributed by atoms with Gasteiger partial charge in [-0.2, -0.15) is 0 Å². The average Bonchev–Trinajstić information content (AvgIpc) is 3.03. The van der Waals surface area contributed by atoms with Gasteiger partial charge in [0, 0.05) is 57.2 Å². The Balaban J connectivity index is 1.19. The van der Waals surface area contributed by atoms with Crippen molar-refractivity contribution in [3.05, 3.63) is 29.3 Å². The van der Waals surface area contributed by atoms with Crippen LogP contribution in [0.25, 0.3) is 0 Å². The summed E-state index contributed by atoms with van der Waals surface area (Å²) in [5, 5.41) is 5.09. The van der Waals surface area contributed by atoms with Crippen LogP contribution in [0.5, 0.6) is 0 Å². The van der Waals surface area contributed by atoms with Gasteiger partial charge in [-0.1, -0.05) is 6.07 Å². The molecule has 0 aliphatic carbocycles. The molecule has 0 saturated carbocycles. The van der Waals surface area contributed by atoms with Crippen LogP contribution in [0.1, 0.15) is 46.4 Å². The molecule has 4 aliphatic rings. The molecular formula is C23H25F2N5O5. The van der Waals surface area contributed by atoms with E-state index in [4.69, 9.17) is 0 Å². The standard InChI is InChI=1S/C23H25F2N5O5/c24-23(25)6-8-28(9-7-23)13-11-29(12-13)18(32)10-26-15-3-1-2-14-19(15)22(35)30(21(14)34)16-4-5-17(31)27-20(16)33/h1-3,13,16,26H,4-12H2,(H,27,31,33). The van der Waals surface area contributed by atoms with Crippen molar-refractivity contribution in [2.24, 2.45) is 0 Å². The molecule has 5 amide bonds. The molecule has 0 aromatic heterocycles. The first-order valence-corrected chi connectivity index (χ1v) is 11.6. The van der Waals surface area contributed by atoms with Gasteiger partial charge in [-0.15, -0.1) is 0 Å². The van der Waals surface area contributed by atoms with Crippen molar-refractivity contribution < 1.29 is 32.8 Å². The van der Waals surface area contributed by atoms with E-state index in [1.165, 1.54) is 6.07 Å². The maximum Gasteiger partial charge on any atom is 0.264 e. The number of halogens is 2. The maximum absolute atomic E-state index is 13.4. The Morgan fingerprint density at radius 1 is 1.09 bits per heavy atom. The van der Waals surface area contributed by atoms with Gasteiger partial charge in [0.25, 0.3) is 17.7 Å². The molecule has 3 saturated heterocycles. The molecule has 0 spiro atoms. The SMILES string of the molecule is O=C1CCC(N2C(=O)c3cccc(NCC(=O)N4CC(N5CCC(F)(F)CC5)C4)c3C2=O)C(=O)N1. The van der Waals surface area contributed by atoms with Crippen molar-refractivity contribution >= 4 is 35.2 Å². The maximum atomic E-state index is 13.4. The number of imide groups is 2. The number of carbonyl (C=O) groups is 5. The van der Waals surface area contributed by atoms with Crippen molar-refractivity contribution in [1.82, 2.24) is 20.0 Å². The van der Waals surface area contributed by atoms with Crippen molar-refractivity contribution in [2.75, 3.05) is 38.0 Å². The summed E-state index contributed by atoms with van der Waals surface area (Å²) in [6.07, 6.45) is -0.246. The number of anilines is 1. The molecule has 12 heteroatoms. The van der Waals surface area contributed by atoms with Crippen LogP contribution < -0.4 is 10.6 Å². The first-order chi connectivity index (χ1) is 16.6. The largest absolute Gasteiger partial charge is 0.375 e. The molecule has 1 aromatic carbocycles. The van der Waals surface area contributed by atoms with E-state index in [1.54, 1.807) is 17.0 Å². The Kier molecular flexibility index (Phi) is 5.78. The zero-order valence-corrected chi connectivity index (χ0v) is 18.9. The summed E-state index contributed by atoms with van der Waals surface area (Å²) in [5.41, 5.74) is 0.521. The zero-order valence-electron chi connectivity index (χ0n) is 18.9. The highest BCUT2D eigenvalue weighted by atomic mass is 19.3. The van der Waals surface area contributed by atoms with Gasteiger partial charge in [0.1, 0.15) is 6.04 Å². The number of piperidine rings is 2. The van der Waals surface area contributed by atoms with Crippen LogP contribution in [0.3, 0.4) is 0 Å². The minimum Gasteiger partial charge on any atom is -0.375 e. The fraction of sp³-hybridized carbons (Fsp3) is 0.522. The third kappa shape index (κ3) is 4.26. The summed E-state index contributed by atoms with van der Waals surface area (Å²) < 4.78 is 26.7. The zero-order chi connectivity index (χ0) is 24.9. The number of fused-ring (bicyclic) bond motifs is 1. The van der Waals surface area contributed by atoms with E-state index in [1.807, 2.05) is 4.90 Å². The number of nitrogens with one attached hydrogen (secondary N) is 2. The number of alkyl halides is 2. The summed E-state index contributed by atoms with van der Waals surface area (Å²) in [6.45, 7) is 1.43. The molecule has 35 heavy (non-hydrogen) atoms. The van der Waals surface area contributed by atoms with Crippen LogP contribution in [0.2, 0.25) is 0 Å². The van der Waals surface area contributed by atoms with Gasteiger partial charge >= 0.3 is 0 Å². The Morgan fingerprint density at radius 2 is 1.80 bits per heavy atom. The quantitative estimate of drug-likeness (QED) is 0.576. The molecule has 1 aromatic rings. The number of carbonyl (C=O) groups excluding carboxylic acids is 5. The lowest BCUT2D eigenvalue weighted by Crippen LogP contribution is -2.63.